The van der Waals surface area contributed by atoms with Crippen LogP contribution in [0, 0.1) is 0 Å². The Morgan fingerprint density at radius 3 is 1.33 bits per heavy atom. The van der Waals surface area contributed by atoms with Crippen molar-refractivity contribution >= 4 is 64.6 Å². The van der Waals surface area contributed by atoms with Crippen LogP contribution in [0.3, 0.4) is 0 Å². The molecule has 0 atom stereocenters. The molecule has 0 amide bonds. The van der Waals surface area contributed by atoms with Crippen LogP contribution in [0.25, 0.3) is 98.0 Å². The van der Waals surface area contributed by atoms with Gasteiger partial charge in [-0.15, -0.1) is 0 Å². The van der Waals surface area contributed by atoms with Crippen LogP contribution in [0.1, 0.15) is 0 Å². The number of hydrogen-bond acceptors (Lipinski definition) is 0. The highest BCUT2D eigenvalue weighted by atomic mass is 14.2. The van der Waals surface area contributed by atoms with Crippen LogP contribution in [0.5, 0.6) is 0 Å². The summed E-state index contributed by atoms with van der Waals surface area (Å²) in [5.41, 5.74) is 7.62. The molecule has 0 saturated carbocycles. The minimum absolute atomic E-state index is 1.24. The molecule has 0 N–H and O–H groups in total. The summed E-state index contributed by atoms with van der Waals surface area (Å²) in [5, 5.41) is 15.3. The van der Waals surface area contributed by atoms with Crippen molar-refractivity contribution in [2.75, 3.05) is 0 Å². The van der Waals surface area contributed by atoms with Crippen molar-refractivity contribution in [3.05, 3.63) is 182 Å². The molecule has 10 rings (SSSR count). The number of benzene rings is 10. The summed E-state index contributed by atoms with van der Waals surface area (Å²) in [6.07, 6.45) is 0. The largest absolute Gasteiger partial charge is 0.0616 e. The van der Waals surface area contributed by atoms with Gasteiger partial charge >= 0.3 is 0 Å². The summed E-state index contributed by atoms with van der Waals surface area (Å²) in [4.78, 5) is 0. The second kappa shape index (κ2) is 10.7. The van der Waals surface area contributed by atoms with E-state index in [0.717, 1.165) is 0 Å². The molecule has 0 aliphatic rings. The van der Waals surface area contributed by atoms with E-state index in [0.29, 0.717) is 0 Å². The minimum atomic E-state index is 1.24. The fraction of sp³-hybridized carbons (Fsp3) is 0. The third kappa shape index (κ3) is 4.03. The smallest absolute Gasteiger partial charge is 0.00201 e. The van der Waals surface area contributed by atoms with Gasteiger partial charge in [-0.05, 0) is 104 Å². The van der Waals surface area contributed by atoms with E-state index in [2.05, 4.69) is 182 Å². The maximum absolute atomic E-state index is 2.38. The van der Waals surface area contributed by atoms with Crippen LogP contribution in [0.15, 0.2) is 182 Å². The van der Waals surface area contributed by atoms with E-state index in [4.69, 9.17) is 0 Å². The van der Waals surface area contributed by atoms with Gasteiger partial charge in [0.05, 0.1) is 0 Å². The van der Waals surface area contributed by atoms with Crippen molar-refractivity contribution in [3.8, 4) is 33.4 Å². The number of fused-ring (bicyclic) bond motifs is 7. The lowest BCUT2D eigenvalue weighted by Gasteiger charge is -2.20. The zero-order chi connectivity index (χ0) is 31.6. The van der Waals surface area contributed by atoms with Crippen molar-refractivity contribution in [2.45, 2.75) is 0 Å². The van der Waals surface area contributed by atoms with Gasteiger partial charge in [0.1, 0.15) is 0 Å². The fourth-order valence-corrected chi connectivity index (χ4v) is 8.11. The predicted octanol–water partition coefficient (Wildman–Crippen LogP) is 13.6. The van der Waals surface area contributed by atoms with E-state index in [9.17, 15) is 0 Å². The molecule has 48 heavy (non-hydrogen) atoms. The second-order valence-corrected chi connectivity index (χ2v) is 12.8. The fourth-order valence-electron chi connectivity index (χ4n) is 8.11. The Hall–Kier alpha value is -6.24. The van der Waals surface area contributed by atoms with Crippen LogP contribution in [-0.2, 0) is 0 Å². The highest BCUT2D eigenvalue weighted by molar-refractivity contribution is 6.25. The highest BCUT2D eigenvalue weighted by Crippen LogP contribution is 2.47. The van der Waals surface area contributed by atoms with Gasteiger partial charge in [0.2, 0.25) is 0 Å². The highest BCUT2D eigenvalue weighted by Gasteiger charge is 2.19. The first kappa shape index (κ1) is 26.9. The number of rotatable bonds is 3. The molecular formula is C48H30. The summed E-state index contributed by atoms with van der Waals surface area (Å²) in [7, 11) is 0. The molecule has 0 heterocycles. The van der Waals surface area contributed by atoms with Gasteiger partial charge in [0, 0.05) is 0 Å². The molecule has 0 radical (unpaired) electrons. The number of hydrogen-bond donors (Lipinski definition) is 0. The standard InChI is InChI=1S/C48H30/c1-4-16-36-31(12-1)14-11-23-38(36)41-28-29-46(40-18-6-5-17-39(40)41)48-44-21-9-7-19-42(44)47(43-20-8-10-22-45(43)48)34-26-27-37-33(30-34)25-24-32-13-2-3-15-35(32)37/h1-30H. The summed E-state index contributed by atoms with van der Waals surface area (Å²) < 4.78 is 0. The second-order valence-electron chi connectivity index (χ2n) is 12.8. The normalized spacial score (nSPS) is 11.8. The average Bonchev–Trinajstić information content (AvgIpc) is 3.16. The first-order valence-electron chi connectivity index (χ1n) is 16.7. The zero-order valence-electron chi connectivity index (χ0n) is 26.3. The van der Waals surface area contributed by atoms with Crippen LogP contribution < -0.4 is 0 Å². The summed E-state index contributed by atoms with van der Waals surface area (Å²) in [5.74, 6) is 0. The summed E-state index contributed by atoms with van der Waals surface area (Å²) in [6.45, 7) is 0. The molecule has 0 bridgehead atoms. The van der Waals surface area contributed by atoms with Crippen LogP contribution in [0.4, 0.5) is 0 Å². The van der Waals surface area contributed by atoms with E-state index >= 15 is 0 Å². The Bertz CT molecular complexity index is 2830. The first-order valence-corrected chi connectivity index (χ1v) is 16.7. The summed E-state index contributed by atoms with van der Waals surface area (Å²) in [6, 6.07) is 67.1. The van der Waals surface area contributed by atoms with E-state index in [-0.39, 0.29) is 0 Å². The molecule has 10 aromatic carbocycles. The molecular weight excluding hydrogens is 577 g/mol. The van der Waals surface area contributed by atoms with Gasteiger partial charge in [0.15, 0.2) is 0 Å². The van der Waals surface area contributed by atoms with Crippen molar-refractivity contribution in [1.82, 2.24) is 0 Å². The lowest BCUT2D eigenvalue weighted by molar-refractivity contribution is 1.66. The first-order chi connectivity index (χ1) is 23.8. The SMILES string of the molecule is c1ccc2c(-c3ccc(-c4c5ccccc5c(-c5ccc6c(ccc7ccccc76)c5)c5ccccc45)c4ccccc34)cccc2c1. The Labute approximate surface area is 279 Å². The van der Waals surface area contributed by atoms with E-state index in [1.54, 1.807) is 0 Å². The van der Waals surface area contributed by atoms with Gasteiger partial charge in [0.25, 0.3) is 0 Å². The Morgan fingerprint density at radius 2 is 0.646 bits per heavy atom. The molecule has 0 spiro atoms. The van der Waals surface area contributed by atoms with Crippen LogP contribution in [0.2, 0.25) is 0 Å². The van der Waals surface area contributed by atoms with Gasteiger partial charge in [-0.25, -0.2) is 0 Å². The molecule has 0 fully saturated rings. The molecule has 0 aromatic heterocycles. The lowest BCUT2D eigenvalue weighted by Crippen LogP contribution is -1.93. The van der Waals surface area contributed by atoms with Crippen molar-refractivity contribution in [1.29, 1.82) is 0 Å². The molecule has 0 saturated heterocycles. The molecule has 0 nitrogen and oxygen atoms in total. The van der Waals surface area contributed by atoms with Crippen molar-refractivity contribution in [2.24, 2.45) is 0 Å². The molecule has 0 aliphatic heterocycles. The van der Waals surface area contributed by atoms with E-state index in [1.165, 1.54) is 98.0 Å². The monoisotopic (exact) mass is 606 g/mol. The Balaban J connectivity index is 1.26. The van der Waals surface area contributed by atoms with Gasteiger partial charge < -0.3 is 0 Å². The van der Waals surface area contributed by atoms with Gasteiger partial charge in [-0.3, -0.25) is 0 Å². The van der Waals surface area contributed by atoms with Gasteiger partial charge in [-0.1, -0.05) is 176 Å². The maximum atomic E-state index is 2.38. The molecule has 0 unspecified atom stereocenters. The molecule has 0 heteroatoms. The maximum Gasteiger partial charge on any atom is -0.00201 e. The average molecular weight is 607 g/mol. The third-order valence-corrected chi connectivity index (χ3v) is 10.2. The third-order valence-electron chi connectivity index (χ3n) is 10.2. The van der Waals surface area contributed by atoms with Crippen molar-refractivity contribution in [3.63, 3.8) is 0 Å². The van der Waals surface area contributed by atoms with Crippen LogP contribution >= 0.6 is 0 Å². The van der Waals surface area contributed by atoms with E-state index < -0.39 is 0 Å². The Morgan fingerprint density at radius 1 is 0.208 bits per heavy atom. The predicted molar refractivity (Wildman–Crippen MR) is 208 cm³/mol. The molecule has 0 aliphatic carbocycles. The molecule has 10 aromatic rings. The minimum Gasteiger partial charge on any atom is -0.0616 e. The van der Waals surface area contributed by atoms with Crippen LogP contribution in [-0.4, -0.2) is 0 Å². The molecule has 222 valence electrons. The topological polar surface area (TPSA) is 0 Å². The van der Waals surface area contributed by atoms with E-state index in [1.807, 2.05) is 0 Å². The lowest BCUT2D eigenvalue weighted by atomic mass is 9.83. The quantitative estimate of drug-likeness (QED) is 0.139. The van der Waals surface area contributed by atoms with Crippen molar-refractivity contribution < 1.29 is 0 Å². The Kier molecular flexibility index (Phi) is 5.98. The van der Waals surface area contributed by atoms with Gasteiger partial charge in [-0.2, -0.15) is 0 Å². The zero-order valence-corrected chi connectivity index (χ0v) is 26.3. The summed E-state index contributed by atoms with van der Waals surface area (Å²) >= 11 is 0.